The summed E-state index contributed by atoms with van der Waals surface area (Å²) in [7, 11) is 2.07. The molecule has 1 aliphatic carbocycles. The van der Waals surface area contributed by atoms with Crippen LogP contribution in [0.3, 0.4) is 0 Å². The van der Waals surface area contributed by atoms with E-state index in [1.54, 1.807) is 6.08 Å². The largest absolute Gasteiger partial charge is 0.381 e. The zero-order valence-corrected chi connectivity index (χ0v) is 8.66. The quantitative estimate of drug-likeness (QED) is 0.677. The highest BCUT2D eigenvalue weighted by molar-refractivity contribution is 5.92. The SMILES string of the molecule is CN(CC1CCOC1)C1=CC(=O)CC1. The molecule has 3 nitrogen and oxygen atoms in total. The lowest BCUT2D eigenvalue weighted by Gasteiger charge is -2.23. The molecule has 14 heavy (non-hydrogen) atoms. The Balaban J connectivity index is 1.85. The van der Waals surface area contributed by atoms with Crippen LogP contribution in [0.15, 0.2) is 11.8 Å². The summed E-state index contributed by atoms with van der Waals surface area (Å²) in [6.07, 6.45) is 4.56. The molecule has 0 aromatic carbocycles. The van der Waals surface area contributed by atoms with Gasteiger partial charge in [0, 0.05) is 44.3 Å². The van der Waals surface area contributed by atoms with Gasteiger partial charge in [0.1, 0.15) is 0 Å². The Morgan fingerprint density at radius 2 is 2.43 bits per heavy atom. The van der Waals surface area contributed by atoms with Crippen LogP contribution in [0.1, 0.15) is 19.3 Å². The maximum absolute atomic E-state index is 11.1. The number of hydrogen-bond acceptors (Lipinski definition) is 3. The summed E-state index contributed by atoms with van der Waals surface area (Å²) >= 11 is 0. The topological polar surface area (TPSA) is 29.5 Å². The van der Waals surface area contributed by atoms with E-state index >= 15 is 0 Å². The van der Waals surface area contributed by atoms with Crippen molar-refractivity contribution in [1.82, 2.24) is 4.90 Å². The molecule has 0 aromatic heterocycles. The van der Waals surface area contributed by atoms with Crippen molar-refractivity contribution in [3.8, 4) is 0 Å². The van der Waals surface area contributed by atoms with E-state index in [4.69, 9.17) is 4.74 Å². The first-order chi connectivity index (χ1) is 6.75. The first kappa shape index (κ1) is 9.71. The van der Waals surface area contributed by atoms with E-state index in [1.165, 1.54) is 5.70 Å². The normalized spacial score (nSPS) is 26.8. The second kappa shape index (κ2) is 4.13. The predicted octanol–water partition coefficient (Wildman–Crippen LogP) is 1.20. The highest BCUT2D eigenvalue weighted by Crippen LogP contribution is 2.21. The van der Waals surface area contributed by atoms with Gasteiger partial charge in [-0.2, -0.15) is 0 Å². The number of ketones is 1. The Hall–Kier alpha value is -0.830. The summed E-state index contributed by atoms with van der Waals surface area (Å²) in [5, 5.41) is 0. The third-order valence-electron chi connectivity index (χ3n) is 3.00. The van der Waals surface area contributed by atoms with Gasteiger partial charge >= 0.3 is 0 Å². The molecule has 1 heterocycles. The molecule has 1 fully saturated rings. The van der Waals surface area contributed by atoms with Crippen LogP contribution >= 0.6 is 0 Å². The molecule has 1 saturated heterocycles. The summed E-state index contributed by atoms with van der Waals surface area (Å²) in [4.78, 5) is 13.3. The fraction of sp³-hybridized carbons (Fsp3) is 0.727. The Morgan fingerprint density at radius 1 is 1.57 bits per heavy atom. The van der Waals surface area contributed by atoms with E-state index in [-0.39, 0.29) is 5.78 Å². The maximum Gasteiger partial charge on any atom is 0.157 e. The van der Waals surface area contributed by atoms with Crippen LogP contribution < -0.4 is 0 Å². The van der Waals surface area contributed by atoms with Gasteiger partial charge in [-0.3, -0.25) is 4.79 Å². The number of carbonyl (C=O) groups is 1. The van der Waals surface area contributed by atoms with Crippen molar-refractivity contribution in [3.05, 3.63) is 11.8 Å². The third kappa shape index (κ3) is 2.15. The van der Waals surface area contributed by atoms with Gasteiger partial charge < -0.3 is 9.64 Å². The Labute approximate surface area is 84.7 Å². The average molecular weight is 195 g/mol. The highest BCUT2D eigenvalue weighted by atomic mass is 16.5. The second-order valence-electron chi connectivity index (χ2n) is 4.21. The van der Waals surface area contributed by atoms with E-state index < -0.39 is 0 Å². The van der Waals surface area contributed by atoms with Crippen LogP contribution in [-0.2, 0) is 9.53 Å². The lowest BCUT2D eigenvalue weighted by molar-refractivity contribution is -0.114. The van der Waals surface area contributed by atoms with Crippen LogP contribution in [0.25, 0.3) is 0 Å². The van der Waals surface area contributed by atoms with Crippen LogP contribution in [-0.4, -0.2) is 37.5 Å². The molecular weight excluding hydrogens is 178 g/mol. The minimum absolute atomic E-state index is 0.273. The molecule has 3 heteroatoms. The second-order valence-corrected chi connectivity index (χ2v) is 4.21. The van der Waals surface area contributed by atoms with Crippen LogP contribution in [0.4, 0.5) is 0 Å². The minimum Gasteiger partial charge on any atom is -0.381 e. The monoisotopic (exact) mass is 195 g/mol. The first-order valence-electron chi connectivity index (χ1n) is 5.28. The lowest BCUT2D eigenvalue weighted by Crippen LogP contribution is -2.24. The first-order valence-corrected chi connectivity index (χ1v) is 5.28. The fourth-order valence-corrected chi connectivity index (χ4v) is 2.11. The molecule has 0 bridgehead atoms. The fourth-order valence-electron chi connectivity index (χ4n) is 2.11. The van der Waals surface area contributed by atoms with E-state index in [0.29, 0.717) is 12.3 Å². The molecule has 2 rings (SSSR count). The van der Waals surface area contributed by atoms with Gasteiger partial charge in [-0.25, -0.2) is 0 Å². The Morgan fingerprint density at radius 3 is 3.00 bits per heavy atom. The zero-order chi connectivity index (χ0) is 9.97. The maximum atomic E-state index is 11.1. The van der Waals surface area contributed by atoms with Crippen LogP contribution in [0, 0.1) is 5.92 Å². The van der Waals surface area contributed by atoms with E-state index in [1.807, 2.05) is 0 Å². The van der Waals surface area contributed by atoms with E-state index in [2.05, 4.69) is 11.9 Å². The third-order valence-corrected chi connectivity index (χ3v) is 3.00. The number of allylic oxidation sites excluding steroid dienone is 2. The molecular formula is C11H17NO2. The summed E-state index contributed by atoms with van der Waals surface area (Å²) in [5.74, 6) is 0.922. The van der Waals surface area contributed by atoms with Gasteiger partial charge in [-0.1, -0.05) is 0 Å². The van der Waals surface area contributed by atoms with Gasteiger partial charge in [-0.05, 0) is 12.8 Å². The predicted molar refractivity (Wildman–Crippen MR) is 53.9 cm³/mol. The van der Waals surface area contributed by atoms with Gasteiger partial charge in [0.2, 0.25) is 0 Å². The zero-order valence-electron chi connectivity index (χ0n) is 8.66. The molecule has 1 aliphatic heterocycles. The average Bonchev–Trinajstić information content (AvgIpc) is 2.75. The van der Waals surface area contributed by atoms with Gasteiger partial charge in [-0.15, -0.1) is 0 Å². The van der Waals surface area contributed by atoms with Gasteiger partial charge in [0.15, 0.2) is 5.78 Å². The lowest BCUT2D eigenvalue weighted by atomic mass is 10.1. The molecule has 0 amide bonds. The van der Waals surface area contributed by atoms with Crippen molar-refractivity contribution in [2.45, 2.75) is 19.3 Å². The molecule has 2 aliphatic rings. The molecule has 0 saturated carbocycles. The van der Waals surface area contributed by atoms with E-state index in [9.17, 15) is 4.79 Å². The summed E-state index contributed by atoms with van der Waals surface area (Å²) < 4.78 is 5.33. The molecule has 78 valence electrons. The van der Waals surface area contributed by atoms with Crippen molar-refractivity contribution in [1.29, 1.82) is 0 Å². The smallest absolute Gasteiger partial charge is 0.157 e. The highest BCUT2D eigenvalue weighted by Gasteiger charge is 2.21. The molecule has 0 spiro atoms. The summed E-state index contributed by atoms with van der Waals surface area (Å²) in [5.41, 5.74) is 1.20. The summed E-state index contributed by atoms with van der Waals surface area (Å²) in [6.45, 7) is 2.81. The van der Waals surface area contributed by atoms with Crippen LogP contribution in [0.2, 0.25) is 0 Å². The standard InChI is InChI=1S/C11H17NO2/c1-12(7-9-4-5-14-8-9)10-2-3-11(13)6-10/h6,9H,2-5,7-8H2,1H3. The van der Waals surface area contributed by atoms with Crippen molar-refractivity contribution in [2.24, 2.45) is 5.92 Å². The Kier molecular flexibility index (Phi) is 2.87. The van der Waals surface area contributed by atoms with Crippen molar-refractivity contribution in [3.63, 3.8) is 0 Å². The molecule has 0 aromatic rings. The van der Waals surface area contributed by atoms with Crippen molar-refractivity contribution in [2.75, 3.05) is 26.8 Å². The van der Waals surface area contributed by atoms with Gasteiger partial charge in [0.25, 0.3) is 0 Å². The van der Waals surface area contributed by atoms with E-state index in [0.717, 1.165) is 32.6 Å². The number of carbonyl (C=O) groups excluding carboxylic acids is 1. The van der Waals surface area contributed by atoms with Crippen molar-refractivity contribution >= 4 is 5.78 Å². The molecule has 0 N–H and O–H groups in total. The molecule has 0 radical (unpaired) electrons. The molecule has 1 atom stereocenters. The minimum atomic E-state index is 0.273. The molecule has 1 unspecified atom stereocenters. The summed E-state index contributed by atoms with van der Waals surface area (Å²) in [6, 6.07) is 0. The van der Waals surface area contributed by atoms with Crippen LogP contribution in [0.5, 0.6) is 0 Å². The van der Waals surface area contributed by atoms with Gasteiger partial charge in [0.05, 0.1) is 6.61 Å². The Bertz CT molecular complexity index is 254. The number of nitrogens with zero attached hydrogens (tertiary/aromatic N) is 1. The number of rotatable bonds is 3. The van der Waals surface area contributed by atoms with Crippen molar-refractivity contribution < 1.29 is 9.53 Å². The number of ether oxygens (including phenoxy) is 1. The number of hydrogen-bond donors (Lipinski definition) is 0.